The molecule has 2 aromatic rings. The molecule has 0 bridgehead atoms. The fourth-order valence-electron chi connectivity index (χ4n) is 4.15. The Morgan fingerprint density at radius 2 is 2.03 bits per heavy atom. The van der Waals surface area contributed by atoms with Crippen LogP contribution in [0.5, 0.6) is 0 Å². The number of allylic oxidation sites excluding steroid dienone is 2. The highest BCUT2D eigenvalue weighted by molar-refractivity contribution is 9.11. The van der Waals surface area contributed by atoms with E-state index in [0.717, 1.165) is 38.3 Å². The molecule has 0 aromatic heterocycles. The standard InChI is InChI=1S/C28H32BrNO5S/c1-18(2)27(32)20-6-4-8-23(12-20)36-17-25-22(13-26(29)24(25)14-30)16-34-15-19-5-3-7-21(11-19)28(33)35-10-9-31/h3-8,11-12,18,22,25,27,31-32H,9-10,13,15-17H2,1-2H3/t22-,25-,27?/m1/s1. The van der Waals surface area contributed by atoms with Crippen LogP contribution in [0.3, 0.4) is 0 Å². The minimum Gasteiger partial charge on any atom is -0.460 e. The molecule has 0 fully saturated rings. The molecule has 0 heterocycles. The molecule has 6 nitrogen and oxygen atoms in total. The van der Waals surface area contributed by atoms with E-state index in [9.17, 15) is 15.2 Å². The van der Waals surface area contributed by atoms with Crippen molar-refractivity contribution in [2.45, 2.75) is 37.9 Å². The molecule has 0 amide bonds. The summed E-state index contributed by atoms with van der Waals surface area (Å²) in [6.45, 7) is 4.56. The van der Waals surface area contributed by atoms with Crippen LogP contribution < -0.4 is 0 Å². The zero-order valence-electron chi connectivity index (χ0n) is 20.5. The van der Waals surface area contributed by atoms with Crippen LogP contribution in [0.1, 0.15) is 47.9 Å². The van der Waals surface area contributed by atoms with Gasteiger partial charge in [0.1, 0.15) is 6.61 Å². The van der Waals surface area contributed by atoms with Gasteiger partial charge in [-0.3, -0.25) is 0 Å². The fourth-order valence-corrected chi connectivity index (χ4v) is 6.16. The number of hydrogen-bond donors (Lipinski definition) is 2. The quantitative estimate of drug-likeness (QED) is 0.250. The molecule has 0 radical (unpaired) electrons. The molecular weight excluding hydrogens is 542 g/mol. The molecule has 1 aliphatic carbocycles. The summed E-state index contributed by atoms with van der Waals surface area (Å²) in [5.41, 5.74) is 2.94. The third kappa shape index (κ3) is 7.67. The van der Waals surface area contributed by atoms with E-state index in [1.165, 1.54) is 0 Å². The van der Waals surface area contributed by atoms with Crippen molar-refractivity contribution < 1.29 is 24.5 Å². The second kappa shape index (κ2) is 14.0. The van der Waals surface area contributed by atoms with E-state index in [1.807, 2.05) is 44.2 Å². The molecule has 2 aromatic carbocycles. The lowest BCUT2D eigenvalue weighted by molar-refractivity contribution is 0.0433. The molecule has 3 rings (SSSR count). The Morgan fingerprint density at radius 1 is 1.25 bits per heavy atom. The summed E-state index contributed by atoms with van der Waals surface area (Å²) in [7, 11) is 0. The Balaban J connectivity index is 1.60. The maximum atomic E-state index is 12.0. The van der Waals surface area contributed by atoms with Crippen molar-refractivity contribution in [3.63, 3.8) is 0 Å². The Bertz CT molecular complexity index is 1110. The molecule has 0 saturated heterocycles. The van der Waals surface area contributed by atoms with Gasteiger partial charge in [0.05, 0.1) is 37.6 Å². The molecule has 1 unspecified atom stereocenters. The molecular formula is C28H32BrNO5S. The number of nitrogens with zero attached hydrogens (tertiary/aromatic N) is 1. The fraction of sp³-hybridized carbons (Fsp3) is 0.429. The number of carbonyl (C=O) groups excluding carboxylic acids is 1. The van der Waals surface area contributed by atoms with Gasteiger partial charge in [0.15, 0.2) is 0 Å². The van der Waals surface area contributed by atoms with Crippen LogP contribution in [0.25, 0.3) is 0 Å². The maximum absolute atomic E-state index is 12.0. The van der Waals surface area contributed by atoms with E-state index in [4.69, 9.17) is 14.6 Å². The van der Waals surface area contributed by atoms with Gasteiger partial charge in [-0.2, -0.15) is 5.26 Å². The number of benzene rings is 2. The van der Waals surface area contributed by atoms with Crippen molar-refractivity contribution in [3.05, 3.63) is 75.3 Å². The topological polar surface area (TPSA) is 99.8 Å². The first-order chi connectivity index (χ1) is 17.3. The molecule has 8 heteroatoms. The first-order valence-electron chi connectivity index (χ1n) is 12.0. The van der Waals surface area contributed by atoms with Crippen LogP contribution in [-0.2, 0) is 16.1 Å². The SMILES string of the molecule is CC(C)C(O)c1cccc(SC[C@H]2C(C#N)=C(Br)C[C@@H]2COCc2cccc(C(=O)OCCO)c2)c1. The van der Waals surface area contributed by atoms with E-state index in [1.54, 1.807) is 30.0 Å². The highest BCUT2D eigenvalue weighted by atomic mass is 79.9. The molecule has 192 valence electrons. The molecule has 36 heavy (non-hydrogen) atoms. The van der Waals surface area contributed by atoms with Crippen molar-refractivity contribution in [1.82, 2.24) is 0 Å². The number of aliphatic hydroxyl groups excluding tert-OH is 2. The van der Waals surface area contributed by atoms with Crippen LogP contribution in [0, 0.1) is 29.1 Å². The first kappa shape index (κ1) is 28.4. The lowest BCUT2D eigenvalue weighted by atomic mass is 9.94. The monoisotopic (exact) mass is 573 g/mol. The number of nitriles is 1. The predicted octanol–water partition coefficient (Wildman–Crippen LogP) is 5.64. The third-order valence-electron chi connectivity index (χ3n) is 6.14. The van der Waals surface area contributed by atoms with E-state index in [-0.39, 0.29) is 31.0 Å². The molecule has 2 N–H and O–H groups in total. The molecule has 3 atom stereocenters. The summed E-state index contributed by atoms with van der Waals surface area (Å²) in [6.07, 6.45) is 0.241. The average Bonchev–Trinajstić information content (AvgIpc) is 3.19. The normalized spacial score (nSPS) is 18.4. The number of rotatable bonds is 12. The second-order valence-corrected chi connectivity index (χ2v) is 11.2. The van der Waals surface area contributed by atoms with Gasteiger partial charge in [-0.25, -0.2) is 4.79 Å². The minimum atomic E-state index is -0.503. The summed E-state index contributed by atoms with van der Waals surface area (Å²) < 4.78 is 11.9. The predicted molar refractivity (Wildman–Crippen MR) is 144 cm³/mol. The summed E-state index contributed by atoms with van der Waals surface area (Å²) in [6, 6.07) is 17.4. The third-order valence-corrected chi connectivity index (χ3v) is 8.01. The van der Waals surface area contributed by atoms with Crippen LogP contribution in [-0.4, -0.2) is 41.8 Å². The smallest absolute Gasteiger partial charge is 0.338 e. The maximum Gasteiger partial charge on any atom is 0.338 e. The van der Waals surface area contributed by atoms with Crippen LogP contribution >= 0.6 is 27.7 Å². The number of aliphatic hydroxyl groups is 2. The van der Waals surface area contributed by atoms with Gasteiger partial charge in [-0.15, -0.1) is 11.8 Å². The van der Waals surface area contributed by atoms with Gasteiger partial charge >= 0.3 is 5.97 Å². The molecule has 0 aliphatic heterocycles. The van der Waals surface area contributed by atoms with Gasteiger partial charge < -0.3 is 19.7 Å². The lowest BCUT2D eigenvalue weighted by Gasteiger charge is -2.21. The number of hydrogen-bond acceptors (Lipinski definition) is 7. The summed E-state index contributed by atoms with van der Waals surface area (Å²) in [4.78, 5) is 13.1. The summed E-state index contributed by atoms with van der Waals surface area (Å²) in [5, 5.41) is 29.0. The van der Waals surface area contributed by atoms with Crippen LogP contribution in [0.2, 0.25) is 0 Å². The number of esters is 1. The first-order valence-corrected chi connectivity index (χ1v) is 13.8. The van der Waals surface area contributed by atoms with Crippen molar-refractivity contribution in [2.75, 3.05) is 25.6 Å². The molecule has 0 spiro atoms. The number of ether oxygens (including phenoxy) is 2. The van der Waals surface area contributed by atoms with Gasteiger partial charge in [-0.1, -0.05) is 54.0 Å². The Morgan fingerprint density at radius 3 is 2.75 bits per heavy atom. The van der Waals surface area contributed by atoms with E-state index in [2.05, 4.69) is 22.0 Å². The number of halogens is 1. The average molecular weight is 575 g/mol. The minimum absolute atomic E-state index is 0.0354. The molecule has 1 aliphatic rings. The number of thioether (sulfide) groups is 1. The zero-order chi connectivity index (χ0) is 26.1. The summed E-state index contributed by atoms with van der Waals surface area (Å²) in [5.74, 6) is 0.601. The highest BCUT2D eigenvalue weighted by Gasteiger charge is 2.34. The Labute approximate surface area is 225 Å². The van der Waals surface area contributed by atoms with Crippen molar-refractivity contribution in [2.24, 2.45) is 17.8 Å². The Hall–Kier alpha value is -2.15. The highest BCUT2D eigenvalue weighted by Crippen LogP contribution is 2.43. The Kier molecular flexibility index (Phi) is 11.0. The summed E-state index contributed by atoms with van der Waals surface area (Å²) >= 11 is 5.28. The van der Waals surface area contributed by atoms with Gasteiger partial charge in [0.2, 0.25) is 0 Å². The number of carbonyl (C=O) groups is 1. The zero-order valence-corrected chi connectivity index (χ0v) is 22.9. The molecule has 0 saturated carbocycles. The lowest BCUT2D eigenvalue weighted by Crippen LogP contribution is -2.19. The van der Waals surface area contributed by atoms with Crippen LogP contribution in [0.15, 0.2) is 63.5 Å². The van der Waals surface area contributed by atoms with Gasteiger partial charge in [0.25, 0.3) is 0 Å². The van der Waals surface area contributed by atoms with E-state index < -0.39 is 12.1 Å². The van der Waals surface area contributed by atoms with Crippen LogP contribution in [0.4, 0.5) is 0 Å². The van der Waals surface area contributed by atoms with Crippen molar-refractivity contribution >= 4 is 33.7 Å². The second-order valence-electron chi connectivity index (χ2n) is 9.15. The van der Waals surface area contributed by atoms with Gasteiger partial charge in [0, 0.05) is 26.6 Å². The van der Waals surface area contributed by atoms with E-state index >= 15 is 0 Å². The van der Waals surface area contributed by atoms with Crippen molar-refractivity contribution in [3.8, 4) is 6.07 Å². The van der Waals surface area contributed by atoms with E-state index in [0.29, 0.717) is 18.8 Å². The van der Waals surface area contributed by atoms with Crippen molar-refractivity contribution in [1.29, 1.82) is 5.26 Å². The van der Waals surface area contributed by atoms with Gasteiger partial charge in [-0.05, 0) is 53.6 Å². The largest absolute Gasteiger partial charge is 0.460 e.